The first-order chi connectivity index (χ1) is 11.4. The number of hydrogen-bond acceptors (Lipinski definition) is 3. The number of nitrogens with zero attached hydrogens (tertiary/aromatic N) is 2. The molecular weight excluding hydrogens is 304 g/mol. The van der Waals surface area contributed by atoms with Gasteiger partial charge in [0.25, 0.3) is 0 Å². The molecule has 0 bridgehead atoms. The Morgan fingerprint density at radius 1 is 1.33 bits per heavy atom. The predicted octanol–water partition coefficient (Wildman–Crippen LogP) is 2.23. The lowest BCUT2D eigenvalue weighted by molar-refractivity contribution is -0.139. The second-order valence-corrected chi connectivity index (χ2v) is 6.67. The average Bonchev–Trinajstić information content (AvgIpc) is 2.56. The zero-order valence-corrected chi connectivity index (χ0v) is 15.1. The summed E-state index contributed by atoms with van der Waals surface area (Å²) in [5.41, 5.74) is 2.35. The number of benzene rings is 1. The second kappa shape index (κ2) is 8.29. The number of piperidine rings is 1. The van der Waals surface area contributed by atoms with Crippen molar-refractivity contribution in [3.05, 3.63) is 35.4 Å². The van der Waals surface area contributed by atoms with Gasteiger partial charge in [-0.05, 0) is 24.5 Å². The quantitative estimate of drug-likeness (QED) is 0.831. The van der Waals surface area contributed by atoms with Gasteiger partial charge in [0.1, 0.15) is 0 Å². The molecule has 132 valence electrons. The highest BCUT2D eigenvalue weighted by molar-refractivity contribution is 5.77. The molecule has 1 aliphatic heterocycles. The summed E-state index contributed by atoms with van der Waals surface area (Å²) < 4.78 is 5.54. The third-order valence-corrected chi connectivity index (χ3v) is 4.94. The molecule has 2 atom stereocenters. The molecular formula is C19H28N2O3. The first kappa shape index (κ1) is 18.5. The summed E-state index contributed by atoms with van der Waals surface area (Å²) in [7, 11) is 3.52. The number of ether oxygens (including phenoxy) is 1. The Balaban J connectivity index is 1.98. The van der Waals surface area contributed by atoms with Crippen LogP contribution < -0.4 is 0 Å². The van der Waals surface area contributed by atoms with Gasteiger partial charge in [-0.25, -0.2) is 0 Å². The fraction of sp³-hybridized carbons (Fsp3) is 0.579. The van der Waals surface area contributed by atoms with E-state index < -0.39 is 0 Å². The van der Waals surface area contributed by atoms with Crippen molar-refractivity contribution < 1.29 is 14.3 Å². The van der Waals surface area contributed by atoms with E-state index in [1.165, 1.54) is 5.56 Å². The standard InChI is InChI=1S/C19H28N2O3/c1-14-7-5-6-8-16(14)12-20(3)19(23)11-17-13-21(15(2)22)10-9-18(17)24-4/h5-8,17-18H,9-13H2,1-4H3/t17-,18-/m1/s1. The molecule has 1 aromatic carbocycles. The molecule has 24 heavy (non-hydrogen) atoms. The first-order valence-electron chi connectivity index (χ1n) is 8.49. The number of likely N-dealkylation sites (tertiary alicyclic amines) is 1. The smallest absolute Gasteiger partial charge is 0.223 e. The third-order valence-electron chi connectivity index (χ3n) is 4.94. The van der Waals surface area contributed by atoms with Crippen molar-refractivity contribution in [2.24, 2.45) is 5.92 Å². The number of hydrogen-bond donors (Lipinski definition) is 0. The minimum absolute atomic E-state index is 0.0383. The van der Waals surface area contributed by atoms with E-state index in [2.05, 4.69) is 19.1 Å². The van der Waals surface area contributed by atoms with Crippen molar-refractivity contribution in [2.75, 3.05) is 27.2 Å². The monoisotopic (exact) mass is 332 g/mol. The topological polar surface area (TPSA) is 49.9 Å². The summed E-state index contributed by atoms with van der Waals surface area (Å²) in [5, 5.41) is 0. The fourth-order valence-electron chi connectivity index (χ4n) is 3.31. The molecule has 0 N–H and O–H groups in total. The normalized spacial score (nSPS) is 20.8. The highest BCUT2D eigenvalue weighted by atomic mass is 16.5. The predicted molar refractivity (Wildman–Crippen MR) is 93.4 cm³/mol. The lowest BCUT2D eigenvalue weighted by atomic mass is 9.91. The molecule has 0 aromatic heterocycles. The van der Waals surface area contributed by atoms with E-state index in [4.69, 9.17) is 4.74 Å². The SMILES string of the molecule is CO[C@@H]1CCN(C(C)=O)C[C@H]1CC(=O)N(C)Cc1ccccc1C. The molecule has 5 nitrogen and oxygen atoms in total. The van der Waals surface area contributed by atoms with Gasteiger partial charge in [-0.3, -0.25) is 9.59 Å². The Hall–Kier alpha value is -1.88. The van der Waals surface area contributed by atoms with Gasteiger partial charge in [-0.2, -0.15) is 0 Å². The highest BCUT2D eigenvalue weighted by Gasteiger charge is 2.32. The van der Waals surface area contributed by atoms with Crippen LogP contribution in [0.3, 0.4) is 0 Å². The third kappa shape index (κ3) is 4.57. The Kier molecular flexibility index (Phi) is 6.37. The average molecular weight is 332 g/mol. The number of amides is 2. The maximum atomic E-state index is 12.6. The summed E-state index contributed by atoms with van der Waals surface area (Å²) in [5.74, 6) is 0.213. The van der Waals surface area contributed by atoms with Crippen LogP contribution >= 0.6 is 0 Å². The lowest BCUT2D eigenvalue weighted by Gasteiger charge is -2.37. The zero-order chi connectivity index (χ0) is 17.7. The zero-order valence-electron chi connectivity index (χ0n) is 15.1. The van der Waals surface area contributed by atoms with Crippen LogP contribution in [0, 0.1) is 12.8 Å². The van der Waals surface area contributed by atoms with Gasteiger partial charge in [0.2, 0.25) is 11.8 Å². The molecule has 0 spiro atoms. The van der Waals surface area contributed by atoms with E-state index in [0.717, 1.165) is 12.0 Å². The molecule has 1 aromatic rings. The van der Waals surface area contributed by atoms with Crippen LogP contribution in [-0.2, 0) is 20.9 Å². The van der Waals surface area contributed by atoms with Gasteiger partial charge >= 0.3 is 0 Å². The van der Waals surface area contributed by atoms with Crippen molar-refractivity contribution in [1.29, 1.82) is 0 Å². The molecule has 2 rings (SSSR count). The Bertz CT molecular complexity index is 588. The summed E-state index contributed by atoms with van der Waals surface area (Å²) in [4.78, 5) is 27.8. The van der Waals surface area contributed by atoms with Crippen LogP contribution in [0.1, 0.15) is 30.9 Å². The molecule has 5 heteroatoms. The van der Waals surface area contributed by atoms with Crippen molar-refractivity contribution in [3.8, 4) is 0 Å². The van der Waals surface area contributed by atoms with Gasteiger partial charge in [0, 0.05) is 53.1 Å². The van der Waals surface area contributed by atoms with Crippen LogP contribution in [0.5, 0.6) is 0 Å². The van der Waals surface area contributed by atoms with Gasteiger partial charge in [0.15, 0.2) is 0 Å². The van der Waals surface area contributed by atoms with E-state index >= 15 is 0 Å². The number of methoxy groups -OCH3 is 1. The Morgan fingerprint density at radius 2 is 2.04 bits per heavy atom. The molecule has 1 heterocycles. The molecule has 0 radical (unpaired) electrons. The van der Waals surface area contributed by atoms with Gasteiger partial charge < -0.3 is 14.5 Å². The van der Waals surface area contributed by atoms with E-state index in [0.29, 0.717) is 26.1 Å². The summed E-state index contributed by atoms with van der Waals surface area (Å²) in [6, 6.07) is 8.10. The number of carbonyl (C=O) groups excluding carboxylic acids is 2. The first-order valence-corrected chi connectivity index (χ1v) is 8.49. The second-order valence-electron chi connectivity index (χ2n) is 6.67. The number of aryl methyl sites for hydroxylation is 1. The van der Waals surface area contributed by atoms with Crippen molar-refractivity contribution in [1.82, 2.24) is 9.80 Å². The fourth-order valence-corrected chi connectivity index (χ4v) is 3.31. The van der Waals surface area contributed by atoms with Crippen LogP contribution in [-0.4, -0.2) is 55.0 Å². The summed E-state index contributed by atoms with van der Waals surface area (Å²) in [6.45, 7) is 5.54. The molecule has 0 saturated carbocycles. The molecule has 1 aliphatic rings. The molecule has 0 unspecified atom stereocenters. The van der Waals surface area contributed by atoms with E-state index in [1.807, 2.05) is 24.1 Å². The Morgan fingerprint density at radius 3 is 2.67 bits per heavy atom. The van der Waals surface area contributed by atoms with Crippen LogP contribution in [0.15, 0.2) is 24.3 Å². The number of carbonyl (C=O) groups is 2. The van der Waals surface area contributed by atoms with Gasteiger partial charge in [-0.15, -0.1) is 0 Å². The van der Waals surface area contributed by atoms with E-state index in [1.54, 1.807) is 18.9 Å². The minimum atomic E-state index is 0.0383. The van der Waals surface area contributed by atoms with E-state index in [-0.39, 0.29) is 23.8 Å². The largest absolute Gasteiger partial charge is 0.381 e. The van der Waals surface area contributed by atoms with Crippen LogP contribution in [0.4, 0.5) is 0 Å². The highest BCUT2D eigenvalue weighted by Crippen LogP contribution is 2.24. The van der Waals surface area contributed by atoms with Crippen LogP contribution in [0.2, 0.25) is 0 Å². The van der Waals surface area contributed by atoms with Crippen molar-refractivity contribution in [2.45, 2.75) is 39.3 Å². The summed E-state index contributed by atoms with van der Waals surface area (Å²) in [6.07, 6.45) is 1.23. The maximum Gasteiger partial charge on any atom is 0.223 e. The summed E-state index contributed by atoms with van der Waals surface area (Å²) >= 11 is 0. The van der Waals surface area contributed by atoms with E-state index in [9.17, 15) is 9.59 Å². The lowest BCUT2D eigenvalue weighted by Crippen LogP contribution is -2.47. The van der Waals surface area contributed by atoms with Crippen LogP contribution in [0.25, 0.3) is 0 Å². The van der Waals surface area contributed by atoms with Crippen molar-refractivity contribution >= 4 is 11.8 Å². The minimum Gasteiger partial charge on any atom is -0.381 e. The van der Waals surface area contributed by atoms with Gasteiger partial charge in [-0.1, -0.05) is 24.3 Å². The maximum absolute atomic E-state index is 12.6. The molecule has 1 fully saturated rings. The molecule has 1 saturated heterocycles. The Labute approximate surface area is 144 Å². The van der Waals surface area contributed by atoms with Gasteiger partial charge in [0.05, 0.1) is 6.10 Å². The number of rotatable bonds is 5. The van der Waals surface area contributed by atoms with Crippen molar-refractivity contribution in [3.63, 3.8) is 0 Å². The molecule has 2 amide bonds. The molecule has 0 aliphatic carbocycles.